The van der Waals surface area contributed by atoms with Gasteiger partial charge in [0, 0.05) is 35.3 Å². The predicted molar refractivity (Wildman–Crippen MR) is 72.4 cm³/mol. The molecule has 19 heavy (non-hydrogen) atoms. The average molecular weight is 262 g/mol. The highest BCUT2D eigenvalue weighted by molar-refractivity contribution is 5.91. The topological polar surface area (TPSA) is 24.9 Å². The molecule has 0 unspecified atom stereocenters. The molecule has 2 nitrogen and oxygen atoms in total. The highest BCUT2D eigenvalue weighted by Crippen LogP contribution is 2.41. The van der Waals surface area contributed by atoms with Crippen molar-refractivity contribution in [1.82, 2.24) is 4.98 Å². The van der Waals surface area contributed by atoms with E-state index in [9.17, 15) is 8.78 Å². The molecular formula is C15H16F2N2. The molecule has 1 heterocycles. The Morgan fingerprint density at radius 3 is 2.63 bits per heavy atom. The van der Waals surface area contributed by atoms with Crippen LogP contribution in [0.15, 0.2) is 18.2 Å². The minimum atomic E-state index is -0.839. The zero-order valence-corrected chi connectivity index (χ0v) is 10.8. The van der Waals surface area contributed by atoms with E-state index >= 15 is 0 Å². The second-order valence-corrected chi connectivity index (χ2v) is 5.08. The van der Waals surface area contributed by atoms with Crippen molar-refractivity contribution >= 4 is 16.6 Å². The zero-order chi connectivity index (χ0) is 13.4. The molecule has 1 N–H and O–H groups in total. The average Bonchev–Trinajstić information content (AvgIpc) is 3.22. The van der Waals surface area contributed by atoms with Crippen LogP contribution in [0.4, 0.5) is 14.5 Å². The van der Waals surface area contributed by atoms with Crippen LogP contribution >= 0.6 is 0 Å². The van der Waals surface area contributed by atoms with Gasteiger partial charge in [0.1, 0.15) is 0 Å². The first kappa shape index (κ1) is 12.3. The van der Waals surface area contributed by atoms with Gasteiger partial charge in [0.2, 0.25) is 0 Å². The molecule has 0 atom stereocenters. The van der Waals surface area contributed by atoms with Crippen LogP contribution < -0.4 is 5.32 Å². The Labute approximate surface area is 110 Å². The van der Waals surface area contributed by atoms with Gasteiger partial charge in [-0.25, -0.2) is 8.78 Å². The number of nitrogens with one attached hydrogen (secondary N) is 1. The maximum absolute atomic E-state index is 13.4. The Hall–Kier alpha value is -1.71. The number of hydrogen-bond acceptors (Lipinski definition) is 2. The van der Waals surface area contributed by atoms with Gasteiger partial charge in [0.05, 0.1) is 5.52 Å². The van der Waals surface area contributed by atoms with Crippen LogP contribution in [0, 0.1) is 11.6 Å². The van der Waals surface area contributed by atoms with Gasteiger partial charge in [-0.3, -0.25) is 4.98 Å². The molecule has 0 saturated heterocycles. The van der Waals surface area contributed by atoms with Crippen molar-refractivity contribution in [1.29, 1.82) is 0 Å². The summed E-state index contributed by atoms with van der Waals surface area (Å²) in [5.74, 6) is -1.18. The van der Waals surface area contributed by atoms with Crippen LogP contribution in [0.3, 0.4) is 0 Å². The maximum atomic E-state index is 13.4. The molecule has 1 aliphatic carbocycles. The molecule has 0 radical (unpaired) electrons. The summed E-state index contributed by atoms with van der Waals surface area (Å²) < 4.78 is 26.7. The molecule has 0 amide bonds. The lowest BCUT2D eigenvalue weighted by atomic mass is 10.1. The summed E-state index contributed by atoms with van der Waals surface area (Å²) in [6.07, 6.45) is 3.25. The van der Waals surface area contributed by atoms with Gasteiger partial charge in [-0.15, -0.1) is 0 Å². The van der Waals surface area contributed by atoms with Crippen molar-refractivity contribution in [2.75, 3.05) is 11.9 Å². The number of aromatic nitrogens is 1. The van der Waals surface area contributed by atoms with E-state index in [1.165, 1.54) is 12.1 Å². The number of rotatable bonds is 4. The molecule has 1 aromatic carbocycles. The van der Waals surface area contributed by atoms with E-state index in [1.807, 2.05) is 6.07 Å². The first-order valence-electron chi connectivity index (χ1n) is 6.72. The lowest BCUT2D eigenvalue weighted by Gasteiger charge is -2.11. The molecule has 4 heteroatoms. The quantitative estimate of drug-likeness (QED) is 0.892. The third-order valence-electron chi connectivity index (χ3n) is 3.43. The SMILES string of the molecule is CCCNc1cc(C2CC2)nc2cc(F)c(F)cc12. The van der Waals surface area contributed by atoms with Crippen molar-refractivity contribution < 1.29 is 8.78 Å². The predicted octanol–water partition coefficient (Wildman–Crippen LogP) is 4.21. The molecular weight excluding hydrogens is 246 g/mol. The Kier molecular flexibility index (Phi) is 3.09. The Morgan fingerprint density at radius 2 is 1.95 bits per heavy atom. The number of nitrogens with zero attached hydrogens (tertiary/aromatic N) is 1. The number of hydrogen-bond donors (Lipinski definition) is 1. The lowest BCUT2D eigenvalue weighted by molar-refractivity contribution is 0.510. The van der Waals surface area contributed by atoms with E-state index < -0.39 is 11.6 Å². The number of benzene rings is 1. The molecule has 3 rings (SSSR count). The highest BCUT2D eigenvalue weighted by Gasteiger charge is 2.26. The summed E-state index contributed by atoms with van der Waals surface area (Å²) in [6.45, 7) is 2.88. The second kappa shape index (κ2) is 4.76. The van der Waals surface area contributed by atoms with Crippen molar-refractivity contribution in [2.24, 2.45) is 0 Å². The molecule has 0 spiro atoms. The van der Waals surface area contributed by atoms with Crippen LogP contribution in [0.1, 0.15) is 37.8 Å². The molecule has 1 aromatic heterocycles. The normalized spacial score (nSPS) is 14.9. The summed E-state index contributed by atoms with van der Waals surface area (Å²) in [7, 11) is 0. The maximum Gasteiger partial charge on any atom is 0.161 e. The van der Waals surface area contributed by atoms with Gasteiger partial charge in [0.25, 0.3) is 0 Å². The van der Waals surface area contributed by atoms with Crippen LogP contribution in [-0.4, -0.2) is 11.5 Å². The van der Waals surface area contributed by atoms with Gasteiger partial charge < -0.3 is 5.32 Å². The third-order valence-corrected chi connectivity index (χ3v) is 3.43. The largest absolute Gasteiger partial charge is 0.384 e. The molecule has 1 aliphatic rings. The molecule has 1 fully saturated rings. The fourth-order valence-corrected chi connectivity index (χ4v) is 2.24. The van der Waals surface area contributed by atoms with Crippen LogP contribution in [0.2, 0.25) is 0 Å². The van der Waals surface area contributed by atoms with E-state index in [1.54, 1.807) is 0 Å². The Morgan fingerprint density at radius 1 is 1.21 bits per heavy atom. The summed E-state index contributed by atoms with van der Waals surface area (Å²) in [5.41, 5.74) is 2.37. The summed E-state index contributed by atoms with van der Waals surface area (Å²) in [4.78, 5) is 4.46. The Bertz CT molecular complexity index is 621. The van der Waals surface area contributed by atoms with E-state index in [-0.39, 0.29) is 0 Å². The van der Waals surface area contributed by atoms with Crippen molar-refractivity contribution in [3.05, 3.63) is 35.5 Å². The van der Waals surface area contributed by atoms with Gasteiger partial charge in [-0.2, -0.15) is 0 Å². The highest BCUT2D eigenvalue weighted by atomic mass is 19.2. The van der Waals surface area contributed by atoms with Crippen molar-refractivity contribution in [3.8, 4) is 0 Å². The molecule has 100 valence electrons. The number of pyridine rings is 1. The van der Waals surface area contributed by atoms with Crippen LogP contribution in [0.25, 0.3) is 10.9 Å². The van der Waals surface area contributed by atoms with Crippen molar-refractivity contribution in [2.45, 2.75) is 32.1 Å². The number of fused-ring (bicyclic) bond motifs is 1. The fraction of sp³-hybridized carbons (Fsp3) is 0.400. The van der Waals surface area contributed by atoms with Gasteiger partial charge in [-0.05, 0) is 31.4 Å². The molecule has 0 bridgehead atoms. The minimum absolute atomic E-state index is 0.486. The smallest absolute Gasteiger partial charge is 0.161 e. The van der Waals surface area contributed by atoms with Crippen molar-refractivity contribution in [3.63, 3.8) is 0 Å². The molecule has 0 aliphatic heterocycles. The minimum Gasteiger partial charge on any atom is -0.384 e. The number of halogens is 2. The Balaban J connectivity index is 2.14. The second-order valence-electron chi connectivity index (χ2n) is 5.08. The van der Waals surface area contributed by atoms with Gasteiger partial charge in [-0.1, -0.05) is 6.92 Å². The molecule has 2 aromatic rings. The fourth-order valence-electron chi connectivity index (χ4n) is 2.24. The third kappa shape index (κ3) is 2.39. The first-order chi connectivity index (χ1) is 9.19. The molecule has 1 saturated carbocycles. The van der Waals surface area contributed by atoms with E-state index in [0.717, 1.165) is 37.2 Å². The first-order valence-corrected chi connectivity index (χ1v) is 6.72. The summed E-state index contributed by atoms with van der Waals surface area (Å²) >= 11 is 0. The lowest BCUT2D eigenvalue weighted by Crippen LogP contribution is -2.03. The number of anilines is 1. The van der Waals surface area contributed by atoms with Gasteiger partial charge in [0.15, 0.2) is 11.6 Å². The van der Waals surface area contributed by atoms with E-state index in [2.05, 4.69) is 17.2 Å². The van der Waals surface area contributed by atoms with Crippen LogP contribution in [-0.2, 0) is 0 Å². The zero-order valence-electron chi connectivity index (χ0n) is 10.8. The summed E-state index contributed by atoms with van der Waals surface area (Å²) in [5, 5.41) is 3.93. The van der Waals surface area contributed by atoms with Crippen LogP contribution in [0.5, 0.6) is 0 Å². The standard InChI is InChI=1S/C15H16F2N2/c1-2-5-18-14-8-13(9-3-4-9)19-15-7-12(17)11(16)6-10(14)15/h6-9H,2-5H2,1H3,(H,18,19). The van der Waals surface area contributed by atoms with E-state index in [0.29, 0.717) is 16.8 Å². The van der Waals surface area contributed by atoms with E-state index in [4.69, 9.17) is 0 Å². The van der Waals surface area contributed by atoms with Gasteiger partial charge >= 0.3 is 0 Å². The monoisotopic (exact) mass is 262 g/mol. The summed E-state index contributed by atoms with van der Waals surface area (Å²) in [6, 6.07) is 4.40.